The summed E-state index contributed by atoms with van der Waals surface area (Å²) in [5, 5.41) is 6.72. The Balaban J connectivity index is 0.00000408. The number of benzene rings is 2. The van der Waals surface area contributed by atoms with Crippen LogP contribution in [-0.2, 0) is 19.6 Å². The summed E-state index contributed by atoms with van der Waals surface area (Å²) in [6.07, 6.45) is 1.35. The molecule has 186 valence electrons. The quantitative estimate of drug-likeness (QED) is 0.292. The van der Waals surface area contributed by atoms with Crippen molar-refractivity contribution in [1.29, 1.82) is 0 Å². The number of piperidine rings is 1. The Hall–Kier alpha value is -2.13. The molecular weight excluding hydrogens is 537 g/mol. The molecule has 1 saturated heterocycles. The molecule has 1 heterocycles. The highest BCUT2D eigenvalue weighted by atomic mass is 127. The number of carbonyl (C=O) groups is 1. The highest BCUT2D eigenvalue weighted by Gasteiger charge is 2.21. The number of halogens is 1. The van der Waals surface area contributed by atoms with E-state index in [2.05, 4.69) is 58.6 Å². The molecule has 2 N–H and O–H groups in total. The summed E-state index contributed by atoms with van der Waals surface area (Å²) in [4.78, 5) is 20.5. The number of hydrogen-bond acceptors (Lipinski definition) is 3. The van der Waals surface area contributed by atoms with Gasteiger partial charge in [0.2, 0.25) is 0 Å². The van der Waals surface area contributed by atoms with Crippen molar-refractivity contribution in [2.45, 2.75) is 39.9 Å². The fourth-order valence-electron chi connectivity index (χ4n) is 4.56. The number of hydrogen-bond donors (Lipinski definition) is 2. The number of guanidine groups is 1. The third-order valence-electron chi connectivity index (χ3n) is 6.12. The molecule has 2 atom stereocenters. The molecule has 6 nitrogen and oxygen atoms in total. The normalized spacial score (nSPS) is 18.7. The topological polar surface area (TPSA) is 60.0 Å². The third kappa shape index (κ3) is 8.58. The molecular formula is C27H40IN5O. The largest absolute Gasteiger partial charge is 0.352 e. The highest BCUT2D eigenvalue weighted by Crippen LogP contribution is 2.22. The molecule has 1 aliphatic rings. The molecule has 2 unspecified atom stereocenters. The Kier molecular flexibility index (Phi) is 11.3. The number of likely N-dealkylation sites (tertiary alicyclic amines) is 1. The summed E-state index contributed by atoms with van der Waals surface area (Å²) in [6.45, 7) is 9.51. The van der Waals surface area contributed by atoms with E-state index in [0.29, 0.717) is 18.7 Å². The Morgan fingerprint density at radius 1 is 0.912 bits per heavy atom. The average Bonchev–Trinajstić information content (AvgIpc) is 2.79. The second-order valence-corrected chi connectivity index (χ2v) is 9.63. The molecule has 1 aliphatic heterocycles. The minimum Gasteiger partial charge on any atom is -0.352 e. The van der Waals surface area contributed by atoms with Gasteiger partial charge in [-0.2, -0.15) is 0 Å². The lowest BCUT2D eigenvalue weighted by Crippen LogP contribution is -2.38. The van der Waals surface area contributed by atoms with Gasteiger partial charge in [-0.15, -0.1) is 24.0 Å². The number of carbonyl (C=O) groups excluding carboxylic acids is 1. The van der Waals surface area contributed by atoms with E-state index in [1.807, 2.05) is 24.3 Å². The van der Waals surface area contributed by atoms with Crippen molar-refractivity contribution in [2.24, 2.45) is 16.8 Å². The Labute approximate surface area is 222 Å². The predicted molar refractivity (Wildman–Crippen MR) is 152 cm³/mol. The van der Waals surface area contributed by atoms with E-state index in [9.17, 15) is 4.79 Å². The number of nitrogens with one attached hydrogen (secondary N) is 2. The lowest BCUT2D eigenvalue weighted by atomic mass is 9.91. The van der Waals surface area contributed by atoms with Crippen molar-refractivity contribution >= 4 is 35.8 Å². The number of amides is 1. The zero-order chi connectivity index (χ0) is 23.8. The zero-order valence-electron chi connectivity index (χ0n) is 21.2. The van der Waals surface area contributed by atoms with E-state index in [1.54, 1.807) is 26.0 Å². The Morgan fingerprint density at radius 2 is 1.38 bits per heavy atom. The molecule has 34 heavy (non-hydrogen) atoms. The monoisotopic (exact) mass is 577 g/mol. The fourth-order valence-corrected chi connectivity index (χ4v) is 4.56. The average molecular weight is 578 g/mol. The lowest BCUT2D eigenvalue weighted by Gasteiger charge is -2.35. The second-order valence-electron chi connectivity index (χ2n) is 9.63. The minimum absolute atomic E-state index is 0. The van der Waals surface area contributed by atoms with Gasteiger partial charge in [-0.25, -0.2) is 0 Å². The van der Waals surface area contributed by atoms with Crippen LogP contribution in [0.3, 0.4) is 0 Å². The van der Waals surface area contributed by atoms with Gasteiger partial charge in [-0.3, -0.25) is 14.7 Å². The SMILES string of the molecule is CN=C(NCc1ccc(CN2CC(C)CC(C)C2)cc1)NCc1ccc(C(=O)N(C)C)cc1.I. The van der Waals surface area contributed by atoms with Crippen LogP contribution in [0, 0.1) is 11.8 Å². The van der Waals surface area contributed by atoms with E-state index < -0.39 is 0 Å². The smallest absolute Gasteiger partial charge is 0.253 e. The van der Waals surface area contributed by atoms with Gasteiger partial charge in [0.1, 0.15) is 0 Å². The molecule has 2 aromatic carbocycles. The molecule has 0 aromatic heterocycles. The number of nitrogens with zero attached hydrogens (tertiary/aromatic N) is 3. The molecule has 0 bridgehead atoms. The van der Waals surface area contributed by atoms with Gasteiger partial charge in [-0.1, -0.05) is 50.2 Å². The maximum atomic E-state index is 12.0. The summed E-state index contributed by atoms with van der Waals surface area (Å²) in [5.41, 5.74) is 4.39. The van der Waals surface area contributed by atoms with Crippen LogP contribution in [0.1, 0.15) is 47.3 Å². The number of aliphatic imine (C=N–C) groups is 1. The van der Waals surface area contributed by atoms with Crippen LogP contribution in [0.5, 0.6) is 0 Å². The van der Waals surface area contributed by atoms with Gasteiger partial charge in [0.05, 0.1) is 0 Å². The van der Waals surface area contributed by atoms with Gasteiger partial charge < -0.3 is 15.5 Å². The third-order valence-corrected chi connectivity index (χ3v) is 6.12. The maximum absolute atomic E-state index is 12.0. The van der Waals surface area contributed by atoms with Crippen molar-refractivity contribution in [1.82, 2.24) is 20.4 Å². The highest BCUT2D eigenvalue weighted by molar-refractivity contribution is 14.0. The van der Waals surface area contributed by atoms with Crippen LogP contribution >= 0.6 is 24.0 Å². The van der Waals surface area contributed by atoms with E-state index >= 15 is 0 Å². The van der Waals surface area contributed by atoms with E-state index in [-0.39, 0.29) is 29.9 Å². The van der Waals surface area contributed by atoms with Crippen LogP contribution in [0.15, 0.2) is 53.5 Å². The van der Waals surface area contributed by atoms with Crippen molar-refractivity contribution in [3.05, 3.63) is 70.8 Å². The zero-order valence-corrected chi connectivity index (χ0v) is 23.5. The van der Waals surface area contributed by atoms with Gasteiger partial charge in [0, 0.05) is 59.4 Å². The van der Waals surface area contributed by atoms with Crippen LogP contribution in [0.4, 0.5) is 0 Å². The first-order chi connectivity index (χ1) is 15.8. The van der Waals surface area contributed by atoms with Crippen molar-refractivity contribution in [3.8, 4) is 0 Å². The van der Waals surface area contributed by atoms with Gasteiger partial charge in [-0.05, 0) is 47.1 Å². The second kappa shape index (κ2) is 13.7. The van der Waals surface area contributed by atoms with Crippen LogP contribution in [-0.4, -0.2) is 55.9 Å². The van der Waals surface area contributed by atoms with Crippen LogP contribution in [0.25, 0.3) is 0 Å². The Bertz CT molecular complexity index is 917. The summed E-state index contributed by atoms with van der Waals surface area (Å²) in [5.74, 6) is 2.34. The molecule has 7 heteroatoms. The van der Waals surface area contributed by atoms with E-state index in [4.69, 9.17) is 0 Å². The maximum Gasteiger partial charge on any atom is 0.253 e. The summed E-state index contributed by atoms with van der Waals surface area (Å²) >= 11 is 0. The van der Waals surface area contributed by atoms with Gasteiger partial charge in [0.25, 0.3) is 5.91 Å². The standard InChI is InChI=1S/C27H39N5O.HI/c1-20-14-21(2)18-32(17-20)19-24-8-6-22(7-9-24)15-29-27(28-3)30-16-23-10-12-25(13-11-23)26(33)31(4)5;/h6-13,20-21H,14-19H2,1-5H3,(H2,28,29,30);1H. The van der Waals surface area contributed by atoms with Crippen molar-refractivity contribution < 1.29 is 4.79 Å². The minimum atomic E-state index is 0. The van der Waals surface area contributed by atoms with Gasteiger partial charge >= 0.3 is 0 Å². The van der Waals surface area contributed by atoms with Crippen molar-refractivity contribution in [3.63, 3.8) is 0 Å². The summed E-state index contributed by atoms with van der Waals surface area (Å²) < 4.78 is 0. The lowest BCUT2D eigenvalue weighted by molar-refractivity contribution is 0.0827. The van der Waals surface area contributed by atoms with E-state index in [0.717, 1.165) is 29.9 Å². The fraction of sp³-hybridized carbons (Fsp3) is 0.481. The number of rotatable bonds is 7. The van der Waals surface area contributed by atoms with E-state index in [1.165, 1.54) is 30.6 Å². The molecule has 2 aromatic rings. The van der Waals surface area contributed by atoms with Crippen LogP contribution < -0.4 is 10.6 Å². The molecule has 0 aliphatic carbocycles. The molecule has 1 fully saturated rings. The predicted octanol–water partition coefficient (Wildman–Crippen LogP) is 4.35. The Morgan fingerprint density at radius 3 is 1.85 bits per heavy atom. The van der Waals surface area contributed by atoms with Gasteiger partial charge in [0.15, 0.2) is 5.96 Å². The summed E-state index contributed by atoms with van der Waals surface area (Å²) in [7, 11) is 5.30. The first kappa shape index (κ1) is 28.1. The van der Waals surface area contributed by atoms with Crippen LogP contribution in [0.2, 0.25) is 0 Å². The molecule has 0 radical (unpaired) electrons. The molecule has 0 spiro atoms. The molecule has 3 rings (SSSR count). The first-order valence-electron chi connectivity index (χ1n) is 11.9. The van der Waals surface area contributed by atoms with Crippen molar-refractivity contribution in [2.75, 3.05) is 34.2 Å². The summed E-state index contributed by atoms with van der Waals surface area (Å²) in [6, 6.07) is 16.6. The first-order valence-corrected chi connectivity index (χ1v) is 11.9. The molecule has 0 saturated carbocycles. The molecule has 1 amide bonds.